The Labute approximate surface area is 194 Å². The van der Waals surface area contributed by atoms with Crippen molar-refractivity contribution in [3.63, 3.8) is 0 Å². The maximum atomic E-state index is 13.7. The molecule has 0 radical (unpaired) electrons. The lowest BCUT2D eigenvalue weighted by atomic mass is 9.84. The molecule has 1 spiro atoms. The number of hydrogen-bond acceptors (Lipinski definition) is 5. The van der Waals surface area contributed by atoms with Crippen molar-refractivity contribution >= 4 is 11.8 Å². The molecular weight excluding hydrogens is 434 g/mol. The molecule has 1 aliphatic carbocycles. The van der Waals surface area contributed by atoms with E-state index in [4.69, 9.17) is 9.47 Å². The number of ether oxygens (including phenoxy) is 2. The number of fused-ring (bicyclic) bond motifs is 2. The molecule has 2 unspecified atom stereocenters. The molecule has 3 rings (SSSR count). The number of likely N-dealkylation sites (N-methyl/N-ethyl adjacent to an activating group) is 1. The van der Waals surface area contributed by atoms with Gasteiger partial charge in [0.2, 0.25) is 5.92 Å². The summed E-state index contributed by atoms with van der Waals surface area (Å²) in [5, 5.41) is 10.2. The quantitative estimate of drug-likeness (QED) is 0.590. The predicted molar refractivity (Wildman–Crippen MR) is 118 cm³/mol. The third kappa shape index (κ3) is 5.30. The van der Waals surface area contributed by atoms with Crippen LogP contribution in [0.3, 0.4) is 0 Å². The summed E-state index contributed by atoms with van der Waals surface area (Å²) in [6, 6.07) is -0.371. The highest BCUT2D eigenvalue weighted by atomic mass is 19.3. The normalized spacial score (nSPS) is 25.1. The smallest absolute Gasteiger partial charge is 0.288 e. The van der Waals surface area contributed by atoms with Gasteiger partial charge in [0.05, 0.1) is 24.9 Å². The minimum absolute atomic E-state index is 0.0766. The van der Waals surface area contributed by atoms with E-state index in [0.717, 1.165) is 0 Å². The molecule has 186 valence electrons. The van der Waals surface area contributed by atoms with Crippen LogP contribution in [0, 0.1) is 5.92 Å². The maximum Gasteiger partial charge on any atom is 0.288 e. The van der Waals surface area contributed by atoms with Crippen LogP contribution in [0.1, 0.15) is 53.4 Å². The van der Waals surface area contributed by atoms with E-state index in [9.17, 15) is 23.5 Å². The molecule has 1 N–H and O–H groups in total. The summed E-state index contributed by atoms with van der Waals surface area (Å²) in [5.74, 6) is -5.34. The SMILES string of the molecule is CCC(F)(F)CCN(C)C(=O)C1=CC(C)C2C(=C1)C1(OCCCO1)C(=O)N2CCC(C)(C)O. The van der Waals surface area contributed by atoms with Crippen molar-refractivity contribution in [3.05, 3.63) is 23.3 Å². The fraction of sp³-hybridized carbons (Fsp3) is 0.750. The van der Waals surface area contributed by atoms with Gasteiger partial charge in [0.15, 0.2) is 0 Å². The highest BCUT2D eigenvalue weighted by Gasteiger charge is 2.60. The lowest BCUT2D eigenvalue weighted by molar-refractivity contribution is -0.233. The third-order valence-corrected chi connectivity index (χ3v) is 6.62. The second-order valence-corrected chi connectivity index (χ2v) is 9.94. The first-order valence-electron chi connectivity index (χ1n) is 11.7. The Bertz CT molecular complexity index is 827. The summed E-state index contributed by atoms with van der Waals surface area (Å²) >= 11 is 0. The Hall–Kier alpha value is -1.84. The molecule has 0 aromatic heterocycles. The number of amides is 2. The van der Waals surface area contributed by atoms with E-state index < -0.39 is 23.7 Å². The first kappa shape index (κ1) is 25.8. The average Bonchev–Trinajstić information content (AvgIpc) is 2.98. The predicted octanol–water partition coefficient (Wildman–Crippen LogP) is 2.89. The minimum atomic E-state index is -2.82. The van der Waals surface area contributed by atoms with Gasteiger partial charge in [0.1, 0.15) is 0 Å². The number of carbonyl (C=O) groups is 2. The standard InChI is InChI=1S/C24H36F2N2O5/c1-6-23(25,26)9-10-27(5)20(29)17-14-16(2)19-18(15-17)24(32-12-7-13-33-24)21(30)28(19)11-8-22(3,4)31/h14-16,19,31H,6-13H2,1-5H3. The van der Waals surface area contributed by atoms with Crippen LogP contribution in [0.4, 0.5) is 8.78 Å². The van der Waals surface area contributed by atoms with Crippen molar-refractivity contribution in [1.82, 2.24) is 9.80 Å². The zero-order valence-electron chi connectivity index (χ0n) is 20.2. The second kappa shape index (κ2) is 9.43. The molecule has 0 saturated carbocycles. The van der Waals surface area contributed by atoms with Gasteiger partial charge in [-0.25, -0.2) is 8.78 Å². The van der Waals surface area contributed by atoms with Crippen LogP contribution in [0.2, 0.25) is 0 Å². The molecule has 33 heavy (non-hydrogen) atoms. The summed E-state index contributed by atoms with van der Waals surface area (Å²) in [4.78, 5) is 29.6. The largest absolute Gasteiger partial charge is 0.390 e. The van der Waals surface area contributed by atoms with E-state index in [1.54, 1.807) is 30.9 Å². The van der Waals surface area contributed by atoms with Gasteiger partial charge >= 0.3 is 0 Å². The van der Waals surface area contributed by atoms with Gasteiger partial charge in [-0.2, -0.15) is 0 Å². The van der Waals surface area contributed by atoms with Crippen molar-refractivity contribution in [3.8, 4) is 0 Å². The van der Waals surface area contributed by atoms with Crippen LogP contribution >= 0.6 is 0 Å². The van der Waals surface area contributed by atoms with E-state index in [1.165, 1.54) is 18.9 Å². The molecule has 0 aromatic rings. The summed E-state index contributed by atoms with van der Waals surface area (Å²) in [6.45, 7) is 7.63. The Balaban J connectivity index is 1.88. The first-order valence-corrected chi connectivity index (χ1v) is 11.7. The van der Waals surface area contributed by atoms with Crippen molar-refractivity contribution in [2.75, 3.05) is 33.4 Å². The number of nitrogens with zero attached hydrogens (tertiary/aromatic N) is 2. The number of carbonyl (C=O) groups excluding carboxylic acids is 2. The van der Waals surface area contributed by atoms with Crippen molar-refractivity contribution in [1.29, 1.82) is 0 Å². The highest BCUT2D eigenvalue weighted by molar-refractivity contribution is 5.99. The fourth-order valence-corrected chi connectivity index (χ4v) is 4.56. The number of halogens is 2. The topological polar surface area (TPSA) is 79.3 Å². The monoisotopic (exact) mass is 470 g/mol. The summed E-state index contributed by atoms with van der Waals surface area (Å²) < 4.78 is 39.2. The molecule has 2 amide bonds. The van der Waals surface area contributed by atoms with E-state index in [-0.39, 0.29) is 36.7 Å². The fourth-order valence-electron chi connectivity index (χ4n) is 4.56. The Kier molecular flexibility index (Phi) is 7.36. The highest BCUT2D eigenvalue weighted by Crippen LogP contribution is 2.46. The van der Waals surface area contributed by atoms with Crippen molar-refractivity contribution in [2.45, 2.75) is 76.7 Å². The molecule has 3 aliphatic rings. The van der Waals surface area contributed by atoms with Gasteiger partial charge in [-0.15, -0.1) is 0 Å². The molecule has 2 heterocycles. The second-order valence-electron chi connectivity index (χ2n) is 9.94. The first-order chi connectivity index (χ1) is 15.3. The molecule has 0 bridgehead atoms. The van der Waals surface area contributed by atoms with Crippen LogP contribution in [-0.4, -0.2) is 83.4 Å². The summed E-state index contributed by atoms with van der Waals surface area (Å²) in [7, 11) is 1.50. The van der Waals surface area contributed by atoms with E-state index in [0.29, 0.717) is 43.7 Å². The third-order valence-electron chi connectivity index (χ3n) is 6.62. The van der Waals surface area contributed by atoms with Gasteiger partial charge in [0.25, 0.3) is 17.6 Å². The Morgan fingerprint density at radius 3 is 2.52 bits per heavy atom. The van der Waals surface area contributed by atoms with Crippen molar-refractivity contribution in [2.24, 2.45) is 5.92 Å². The molecule has 0 aromatic carbocycles. The molecule has 7 nitrogen and oxygen atoms in total. The van der Waals surface area contributed by atoms with E-state index in [2.05, 4.69) is 0 Å². The number of likely N-dealkylation sites (tertiary alicyclic amines) is 1. The van der Waals surface area contributed by atoms with Crippen LogP contribution in [-0.2, 0) is 19.1 Å². The van der Waals surface area contributed by atoms with Gasteiger partial charge in [0, 0.05) is 44.1 Å². The molecule has 2 aliphatic heterocycles. The lowest BCUT2D eigenvalue weighted by Crippen LogP contribution is -2.49. The van der Waals surface area contributed by atoms with E-state index >= 15 is 0 Å². The molecular formula is C24H36F2N2O5. The van der Waals surface area contributed by atoms with Crippen LogP contribution in [0.25, 0.3) is 0 Å². The van der Waals surface area contributed by atoms with Gasteiger partial charge in [-0.05, 0) is 38.7 Å². The Morgan fingerprint density at radius 1 is 1.30 bits per heavy atom. The molecule has 2 atom stereocenters. The number of alkyl halides is 2. The van der Waals surface area contributed by atoms with E-state index in [1.807, 2.05) is 6.92 Å². The lowest BCUT2D eigenvalue weighted by Gasteiger charge is -2.35. The van der Waals surface area contributed by atoms with Crippen LogP contribution in [0.5, 0.6) is 0 Å². The zero-order chi connectivity index (χ0) is 24.6. The number of aliphatic hydroxyl groups is 1. The van der Waals surface area contributed by atoms with Crippen LogP contribution < -0.4 is 0 Å². The van der Waals surface area contributed by atoms with Crippen molar-refractivity contribution < 1.29 is 33.0 Å². The Morgan fingerprint density at radius 2 is 1.94 bits per heavy atom. The molecule has 9 heteroatoms. The minimum Gasteiger partial charge on any atom is -0.390 e. The number of rotatable bonds is 8. The van der Waals surface area contributed by atoms with Gasteiger partial charge in [-0.1, -0.05) is 19.9 Å². The van der Waals surface area contributed by atoms with Crippen LogP contribution in [0.15, 0.2) is 23.3 Å². The van der Waals surface area contributed by atoms with Gasteiger partial charge < -0.3 is 24.4 Å². The zero-order valence-corrected chi connectivity index (χ0v) is 20.2. The molecule has 2 fully saturated rings. The van der Waals surface area contributed by atoms with Gasteiger partial charge in [-0.3, -0.25) is 9.59 Å². The number of hydrogen-bond donors (Lipinski definition) is 1. The summed E-state index contributed by atoms with van der Waals surface area (Å²) in [6.07, 6.45) is 3.75. The maximum absolute atomic E-state index is 13.7. The molecule has 2 saturated heterocycles. The average molecular weight is 471 g/mol. The summed E-state index contributed by atoms with van der Waals surface area (Å²) in [5.41, 5.74) is -0.0503.